The number of hydrogen-bond donors (Lipinski definition) is 2. The molecule has 260 valence electrons. The van der Waals surface area contributed by atoms with Gasteiger partial charge in [0.05, 0.1) is 0 Å². The Hall–Kier alpha value is -4.74. The Morgan fingerprint density at radius 3 is 1.27 bits per heavy atom. The monoisotopic (exact) mass is 664 g/mol. The molecule has 0 spiro atoms. The fraction of sp³-hybridized carbons (Fsp3) is 0.500. The molecule has 12 nitrogen and oxygen atoms in total. The second-order valence-electron chi connectivity index (χ2n) is 12.5. The molecule has 2 aromatic rings. The molecule has 1 saturated heterocycles. The van der Waals surface area contributed by atoms with Crippen molar-refractivity contribution in [3.8, 4) is 0 Å². The molecule has 0 saturated carbocycles. The van der Waals surface area contributed by atoms with Crippen LogP contribution in [0.15, 0.2) is 60.7 Å². The SMILES string of the molecule is CC[C@H](C)[C@@H]1NC(=O)[C@@H](Cc2ccccc2)OC(=O)CN(C)C(=O)[C@H]([C@@H](C)CC)NC(=O)[C@@H](Cc2ccccc2)OC(=O)CN(C)C1=O. The van der Waals surface area contributed by atoms with Crippen molar-refractivity contribution in [1.82, 2.24) is 20.4 Å². The van der Waals surface area contributed by atoms with Gasteiger partial charge in [-0.05, 0) is 23.0 Å². The molecule has 0 bridgehead atoms. The largest absolute Gasteiger partial charge is 0.451 e. The Bertz CT molecular complexity index is 1310. The second kappa shape index (κ2) is 18.0. The summed E-state index contributed by atoms with van der Waals surface area (Å²) in [4.78, 5) is 83.6. The first-order chi connectivity index (χ1) is 22.8. The van der Waals surface area contributed by atoms with E-state index in [-0.39, 0.29) is 24.7 Å². The minimum absolute atomic E-state index is 0.0218. The maximum Gasteiger partial charge on any atom is 0.326 e. The smallest absolute Gasteiger partial charge is 0.326 e. The lowest BCUT2D eigenvalue weighted by Crippen LogP contribution is -2.56. The highest BCUT2D eigenvalue weighted by molar-refractivity contribution is 5.94. The molecule has 0 aromatic heterocycles. The Morgan fingerprint density at radius 2 is 0.958 bits per heavy atom. The zero-order valence-corrected chi connectivity index (χ0v) is 28.6. The van der Waals surface area contributed by atoms with Crippen molar-refractivity contribution in [1.29, 1.82) is 0 Å². The number of nitrogens with one attached hydrogen (secondary N) is 2. The van der Waals surface area contributed by atoms with Crippen LogP contribution in [-0.2, 0) is 51.1 Å². The van der Waals surface area contributed by atoms with Crippen LogP contribution in [0.4, 0.5) is 0 Å². The molecule has 1 fully saturated rings. The maximum absolute atomic E-state index is 13.7. The highest BCUT2D eigenvalue weighted by Gasteiger charge is 2.36. The lowest BCUT2D eigenvalue weighted by Gasteiger charge is -2.31. The van der Waals surface area contributed by atoms with E-state index in [0.717, 1.165) is 9.80 Å². The van der Waals surface area contributed by atoms with Gasteiger partial charge in [0.2, 0.25) is 11.8 Å². The van der Waals surface area contributed by atoms with Gasteiger partial charge in [0, 0.05) is 26.9 Å². The van der Waals surface area contributed by atoms with Gasteiger partial charge in [-0.2, -0.15) is 0 Å². The van der Waals surface area contributed by atoms with Gasteiger partial charge in [0.1, 0.15) is 25.2 Å². The topological polar surface area (TPSA) is 151 Å². The van der Waals surface area contributed by atoms with E-state index in [2.05, 4.69) is 10.6 Å². The predicted octanol–water partition coefficient (Wildman–Crippen LogP) is 2.29. The Labute approximate surface area is 282 Å². The van der Waals surface area contributed by atoms with E-state index in [1.54, 1.807) is 62.4 Å². The summed E-state index contributed by atoms with van der Waals surface area (Å²) >= 11 is 0. The summed E-state index contributed by atoms with van der Waals surface area (Å²) in [6.07, 6.45) is -1.56. The highest BCUT2D eigenvalue weighted by Crippen LogP contribution is 2.16. The van der Waals surface area contributed by atoms with E-state index >= 15 is 0 Å². The zero-order valence-electron chi connectivity index (χ0n) is 28.6. The number of hydrogen-bond acceptors (Lipinski definition) is 8. The van der Waals surface area contributed by atoms with Gasteiger partial charge in [-0.25, -0.2) is 0 Å². The van der Waals surface area contributed by atoms with Crippen LogP contribution in [-0.4, -0.2) is 96.8 Å². The third-order valence-electron chi connectivity index (χ3n) is 8.70. The van der Waals surface area contributed by atoms with Crippen molar-refractivity contribution in [2.45, 2.75) is 77.7 Å². The number of likely N-dealkylation sites (N-methyl/N-ethyl adjacent to an activating group) is 2. The molecular weight excluding hydrogens is 616 g/mol. The van der Waals surface area contributed by atoms with E-state index in [9.17, 15) is 28.8 Å². The molecule has 2 aromatic carbocycles. The highest BCUT2D eigenvalue weighted by atomic mass is 16.6. The van der Waals surface area contributed by atoms with Crippen LogP contribution in [0.5, 0.6) is 0 Å². The molecule has 12 heteroatoms. The van der Waals surface area contributed by atoms with Crippen molar-refractivity contribution in [3.05, 3.63) is 71.8 Å². The van der Waals surface area contributed by atoms with E-state index in [1.807, 2.05) is 26.0 Å². The number of esters is 2. The summed E-state index contributed by atoms with van der Waals surface area (Å²) in [5.41, 5.74) is 1.43. The first kappa shape index (κ1) is 37.7. The van der Waals surface area contributed by atoms with Crippen molar-refractivity contribution in [2.24, 2.45) is 11.8 Å². The molecule has 1 aliphatic heterocycles. The second-order valence-corrected chi connectivity index (χ2v) is 12.5. The molecule has 2 N–H and O–H groups in total. The third kappa shape index (κ3) is 10.6. The number of rotatable bonds is 8. The van der Waals surface area contributed by atoms with Crippen LogP contribution in [0.25, 0.3) is 0 Å². The number of amides is 4. The van der Waals surface area contributed by atoms with Gasteiger partial charge < -0.3 is 29.9 Å². The van der Waals surface area contributed by atoms with Gasteiger partial charge in [0.15, 0.2) is 12.2 Å². The molecule has 0 radical (unpaired) electrons. The average Bonchev–Trinajstić information content (AvgIpc) is 3.07. The molecule has 48 heavy (non-hydrogen) atoms. The minimum atomic E-state index is -1.32. The number of benzene rings is 2. The van der Waals surface area contributed by atoms with E-state index < -0.39 is 72.9 Å². The van der Waals surface area contributed by atoms with Gasteiger partial charge in [-0.1, -0.05) is 101 Å². The van der Waals surface area contributed by atoms with Gasteiger partial charge in [0.25, 0.3) is 11.8 Å². The Balaban J connectivity index is 2.01. The van der Waals surface area contributed by atoms with Crippen molar-refractivity contribution < 1.29 is 38.2 Å². The normalized spacial score (nSPS) is 23.6. The van der Waals surface area contributed by atoms with Crippen LogP contribution >= 0.6 is 0 Å². The molecule has 4 amide bonds. The van der Waals surface area contributed by atoms with Crippen LogP contribution < -0.4 is 10.6 Å². The van der Waals surface area contributed by atoms with Gasteiger partial charge in [-0.3, -0.25) is 28.8 Å². The first-order valence-corrected chi connectivity index (χ1v) is 16.4. The molecule has 0 aliphatic carbocycles. The fourth-order valence-electron chi connectivity index (χ4n) is 5.30. The average molecular weight is 665 g/mol. The molecule has 3 rings (SSSR count). The number of nitrogens with zero attached hydrogens (tertiary/aromatic N) is 2. The molecule has 0 unspecified atom stereocenters. The van der Waals surface area contributed by atoms with Crippen molar-refractivity contribution in [3.63, 3.8) is 0 Å². The molecule has 6 atom stereocenters. The summed E-state index contributed by atoms with van der Waals surface area (Å²) in [7, 11) is 2.81. The first-order valence-electron chi connectivity index (χ1n) is 16.4. The van der Waals surface area contributed by atoms with Crippen LogP contribution in [0, 0.1) is 11.8 Å². The maximum atomic E-state index is 13.7. The minimum Gasteiger partial charge on any atom is -0.451 e. The van der Waals surface area contributed by atoms with Gasteiger partial charge >= 0.3 is 11.9 Å². The fourth-order valence-corrected chi connectivity index (χ4v) is 5.30. The number of carbonyl (C=O) groups is 6. The predicted molar refractivity (Wildman–Crippen MR) is 178 cm³/mol. The quantitative estimate of drug-likeness (QED) is 0.408. The zero-order chi connectivity index (χ0) is 35.4. The Kier molecular flexibility index (Phi) is 14.1. The standard InChI is InChI=1S/C36H48N4O8/c1-7-23(3)31-35(45)39(5)21-29(41)48-28(20-26-17-13-10-14-18-26)34(44)38-32(24(4)8-2)36(46)40(6)22-30(42)47-27(33(43)37-31)19-25-15-11-9-12-16-25/h9-18,23-24,27-28,31-32H,7-8,19-22H2,1-6H3,(H,37,43)(H,38,44)/t23-,24-,27+,28+,31-,32-/m0/s1. The summed E-state index contributed by atoms with van der Waals surface area (Å²) in [5, 5.41) is 5.50. The lowest BCUT2D eigenvalue weighted by atomic mass is 9.97. The van der Waals surface area contributed by atoms with Crippen molar-refractivity contribution >= 4 is 35.6 Å². The van der Waals surface area contributed by atoms with Crippen LogP contribution in [0.3, 0.4) is 0 Å². The molecule has 1 heterocycles. The van der Waals surface area contributed by atoms with Crippen LogP contribution in [0.2, 0.25) is 0 Å². The van der Waals surface area contributed by atoms with E-state index in [1.165, 1.54) is 14.1 Å². The summed E-state index contributed by atoms with van der Waals surface area (Å²) in [6.45, 7) is 6.29. The van der Waals surface area contributed by atoms with Crippen molar-refractivity contribution in [2.75, 3.05) is 27.2 Å². The number of ether oxygens (including phenoxy) is 2. The van der Waals surface area contributed by atoms with Crippen LogP contribution in [0.1, 0.15) is 51.7 Å². The third-order valence-corrected chi connectivity index (χ3v) is 8.70. The summed E-state index contributed by atoms with van der Waals surface area (Å²) in [6, 6.07) is 15.8. The molecule has 1 aliphatic rings. The number of cyclic esters (lactones) is 2. The molecular formula is C36H48N4O8. The van der Waals surface area contributed by atoms with E-state index in [4.69, 9.17) is 9.47 Å². The lowest BCUT2D eigenvalue weighted by molar-refractivity contribution is -0.161. The summed E-state index contributed by atoms with van der Waals surface area (Å²) in [5.74, 6) is -4.85. The number of carbonyl (C=O) groups excluding carboxylic acids is 6. The Morgan fingerprint density at radius 1 is 0.625 bits per heavy atom. The van der Waals surface area contributed by atoms with E-state index in [0.29, 0.717) is 24.0 Å². The summed E-state index contributed by atoms with van der Waals surface area (Å²) < 4.78 is 11.3. The van der Waals surface area contributed by atoms with Gasteiger partial charge in [-0.15, -0.1) is 0 Å².